The minimum Gasteiger partial charge on any atom is -0.475 e. The SMILES string of the molecule is O=C(O)c1ccc(C(O)c2c(F)cccc2Cl)o1. The van der Waals surface area contributed by atoms with E-state index < -0.39 is 17.9 Å². The fourth-order valence-electron chi connectivity index (χ4n) is 1.53. The first-order chi connectivity index (χ1) is 8.50. The number of carboxylic acid groups (broad SMARTS) is 1. The predicted molar refractivity (Wildman–Crippen MR) is 61.1 cm³/mol. The van der Waals surface area contributed by atoms with Crippen molar-refractivity contribution in [2.75, 3.05) is 0 Å². The molecule has 0 saturated carbocycles. The van der Waals surface area contributed by atoms with Crippen LogP contribution in [0.1, 0.15) is 28.0 Å². The number of rotatable bonds is 3. The lowest BCUT2D eigenvalue weighted by atomic mass is 10.1. The van der Waals surface area contributed by atoms with Gasteiger partial charge in [-0.05, 0) is 24.3 Å². The second-order valence-electron chi connectivity index (χ2n) is 3.55. The van der Waals surface area contributed by atoms with Gasteiger partial charge in [0, 0.05) is 10.6 Å². The molecule has 1 atom stereocenters. The molecule has 0 aliphatic heterocycles. The lowest BCUT2D eigenvalue weighted by Crippen LogP contribution is -2.02. The van der Waals surface area contributed by atoms with Crippen LogP contribution < -0.4 is 0 Å². The normalized spacial score (nSPS) is 12.4. The molecule has 6 heteroatoms. The van der Waals surface area contributed by atoms with E-state index in [1.807, 2.05) is 0 Å². The molecule has 1 unspecified atom stereocenters. The second-order valence-corrected chi connectivity index (χ2v) is 3.95. The average Bonchev–Trinajstić information content (AvgIpc) is 2.77. The number of furan rings is 1. The number of aromatic carboxylic acids is 1. The Morgan fingerprint density at radius 2 is 2.06 bits per heavy atom. The van der Waals surface area contributed by atoms with Gasteiger partial charge in [-0.3, -0.25) is 0 Å². The first-order valence-corrected chi connectivity index (χ1v) is 5.33. The summed E-state index contributed by atoms with van der Waals surface area (Å²) in [6, 6.07) is 6.40. The Morgan fingerprint density at radius 1 is 1.33 bits per heavy atom. The number of hydrogen-bond acceptors (Lipinski definition) is 3. The summed E-state index contributed by atoms with van der Waals surface area (Å²) in [5, 5.41) is 18.7. The van der Waals surface area contributed by atoms with Crippen LogP contribution in [-0.2, 0) is 0 Å². The van der Waals surface area contributed by atoms with Gasteiger partial charge in [-0.15, -0.1) is 0 Å². The molecule has 1 heterocycles. The zero-order chi connectivity index (χ0) is 13.3. The Hall–Kier alpha value is -1.85. The lowest BCUT2D eigenvalue weighted by Gasteiger charge is -2.10. The number of halogens is 2. The van der Waals surface area contributed by atoms with Gasteiger partial charge >= 0.3 is 5.97 Å². The van der Waals surface area contributed by atoms with Crippen LogP contribution in [0.25, 0.3) is 0 Å². The van der Waals surface area contributed by atoms with Gasteiger partial charge in [0.1, 0.15) is 17.7 Å². The van der Waals surface area contributed by atoms with Crippen molar-refractivity contribution < 1.29 is 23.8 Å². The van der Waals surface area contributed by atoms with E-state index in [4.69, 9.17) is 21.1 Å². The van der Waals surface area contributed by atoms with E-state index >= 15 is 0 Å². The molecule has 1 aromatic heterocycles. The number of aliphatic hydroxyl groups excluding tert-OH is 1. The van der Waals surface area contributed by atoms with Gasteiger partial charge in [-0.1, -0.05) is 17.7 Å². The summed E-state index contributed by atoms with van der Waals surface area (Å²) >= 11 is 5.79. The van der Waals surface area contributed by atoms with Gasteiger partial charge < -0.3 is 14.6 Å². The van der Waals surface area contributed by atoms with Crippen molar-refractivity contribution in [3.05, 3.63) is 58.3 Å². The molecule has 0 aliphatic rings. The number of carboxylic acids is 1. The topological polar surface area (TPSA) is 70.7 Å². The van der Waals surface area contributed by atoms with Gasteiger partial charge in [0.05, 0.1) is 0 Å². The Morgan fingerprint density at radius 3 is 2.61 bits per heavy atom. The van der Waals surface area contributed by atoms with E-state index in [-0.39, 0.29) is 22.1 Å². The highest BCUT2D eigenvalue weighted by atomic mass is 35.5. The third-order valence-corrected chi connectivity index (χ3v) is 2.71. The molecular weight excluding hydrogens is 263 g/mol. The first-order valence-electron chi connectivity index (χ1n) is 4.95. The third kappa shape index (κ3) is 2.23. The zero-order valence-electron chi connectivity index (χ0n) is 8.93. The number of aliphatic hydroxyl groups is 1. The van der Waals surface area contributed by atoms with E-state index in [1.165, 1.54) is 24.3 Å². The number of hydrogen-bond donors (Lipinski definition) is 2. The van der Waals surface area contributed by atoms with Crippen LogP contribution >= 0.6 is 11.6 Å². The summed E-state index contributed by atoms with van der Waals surface area (Å²) in [6.07, 6.45) is -1.45. The summed E-state index contributed by atoms with van der Waals surface area (Å²) < 4.78 is 18.4. The van der Waals surface area contributed by atoms with Gasteiger partial charge in [0.2, 0.25) is 5.76 Å². The maximum Gasteiger partial charge on any atom is 0.371 e. The van der Waals surface area contributed by atoms with E-state index in [2.05, 4.69) is 0 Å². The molecule has 0 spiro atoms. The molecule has 1 aromatic carbocycles. The Kier molecular flexibility index (Phi) is 3.36. The average molecular weight is 271 g/mol. The van der Waals surface area contributed by atoms with Crippen molar-refractivity contribution in [2.45, 2.75) is 6.10 Å². The maximum atomic E-state index is 13.5. The van der Waals surface area contributed by atoms with Crippen LogP contribution in [0.2, 0.25) is 5.02 Å². The molecule has 0 aliphatic carbocycles. The monoisotopic (exact) mass is 270 g/mol. The van der Waals surface area contributed by atoms with Gasteiger partial charge in [-0.2, -0.15) is 0 Å². The van der Waals surface area contributed by atoms with Crippen molar-refractivity contribution >= 4 is 17.6 Å². The summed E-state index contributed by atoms with van der Waals surface area (Å²) in [7, 11) is 0. The van der Waals surface area contributed by atoms with E-state index in [0.29, 0.717) is 0 Å². The highest BCUT2D eigenvalue weighted by Gasteiger charge is 2.22. The van der Waals surface area contributed by atoms with Crippen molar-refractivity contribution in [3.8, 4) is 0 Å². The Labute approximate surface area is 106 Å². The quantitative estimate of drug-likeness (QED) is 0.900. The molecule has 0 bridgehead atoms. The summed E-state index contributed by atoms with van der Waals surface area (Å²) in [5.41, 5.74) is -0.148. The van der Waals surface area contributed by atoms with Crippen LogP contribution in [0, 0.1) is 5.82 Å². The molecule has 2 aromatic rings. The van der Waals surface area contributed by atoms with Crippen molar-refractivity contribution in [2.24, 2.45) is 0 Å². The first kappa shape index (κ1) is 12.6. The second kappa shape index (κ2) is 4.80. The minimum atomic E-state index is -1.45. The van der Waals surface area contributed by atoms with E-state index in [0.717, 1.165) is 6.07 Å². The van der Waals surface area contributed by atoms with E-state index in [9.17, 15) is 14.3 Å². The maximum absolute atomic E-state index is 13.5. The number of carbonyl (C=O) groups is 1. The molecule has 2 rings (SSSR count). The summed E-state index contributed by atoms with van der Waals surface area (Å²) in [4.78, 5) is 10.6. The molecule has 0 saturated heterocycles. The molecule has 0 amide bonds. The van der Waals surface area contributed by atoms with Crippen LogP contribution in [0.15, 0.2) is 34.7 Å². The standard InChI is InChI=1S/C12H8ClFO4/c13-6-2-1-3-7(14)10(6)11(15)8-4-5-9(18-8)12(16)17/h1-5,11,15H,(H,16,17). The molecule has 0 fully saturated rings. The van der Waals surface area contributed by atoms with Crippen molar-refractivity contribution in [1.29, 1.82) is 0 Å². The lowest BCUT2D eigenvalue weighted by molar-refractivity contribution is 0.0655. The molecule has 0 radical (unpaired) electrons. The van der Waals surface area contributed by atoms with Gasteiger partial charge in [-0.25, -0.2) is 9.18 Å². The van der Waals surface area contributed by atoms with Crippen LogP contribution in [0.3, 0.4) is 0 Å². The fourth-order valence-corrected chi connectivity index (χ4v) is 1.80. The molecule has 4 nitrogen and oxygen atoms in total. The predicted octanol–water partition coefficient (Wildman–Crippen LogP) is 2.85. The van der Waals surface area contributed by atoms with Crippen molar-refractivity contribution in [3.63, 3.8) is 0 Å². The van der Waals surface area contributed by atoms with Crippen LogP contribution in [0.4, 0.5) is 4.39 Å². The highest BCUT2D eigenvalue weighted by molar-refractivity contribution is 6.31. The molecule has 2 N–H and O–H groups in total. The molecule has 94 valence electrons. The Bertz CT molecular complexity index is 573. The third-order valence-electron chi connectivity index (χ3n) is 2.38. The summed E-state index contributed by atoms with van der Waals surface area (Å²) in [6.45, 7) is 0. The van der Waals surface area contributed by atoms with Gasteiger partial charge in [0.15, 0.2) is 0 Å². The van der Waals surface area contributed by atoms with Crippen LogP contribution in [0.5, 0.6) is 0 Å². The highest BCUT2D eigenvalue weighted by Crippen LogP contribution is 2.31. The van der Waals surface area contributed by atoms with Crippen LogP contribution in [-0.4, -0.2) is 16.2 Å². The van der Waals surface area contributed by atoms with Crippen molar-refractivity contribution in [1.82, 2.24) is 0 Å². The molecular formula is C12H8ClFO4. The smallest absolute Gasteiger partial charge is 0.371 e. The summed E-state index contributed by atoms with van der Waals surface area (Å²) in [5.74, 6) is -2.38. The van der Waals surface area contributed by atoms with E-state index in [1.54, 1.807) is 0 Å². The Balaban J connectivity index is 2.41. The number of benzene rings is 1. The van der Waals surface area contributed by atoms with Gasteiger partial charge in [0.25, 0.3) is 0 Å². The zero-order valence-corrected chi connectivity index (χ0v) is 9.69. The fraction of sp³-hybridized carbons (Fsp3) is 0.0833. The molecule has 18 heavy (non-hydrogen) atoms. The minimum absolute atomic E-state index is 0.0378. The largest absolute Gasteiger partial charge is 0.475 e.